The molecule has 4 aliphatic rings. The highest BCUT2D eigenvalue weighted by Crippen LogP contribution is 2.71. The summed E-state index contributed by atoms with van der Waals surface area (Å²) in [6.07, 6.45) is 20.3. The Morgan fingerprint density at radius 1 is 1.03 bits per heavy atom. The molecule has 3 saturated carbocycles. The minimum absolute atomic E-state index is 0.0296. The highest BCUT2D eigenvalue weighted by molar-refractivity contribution is 5.71. The van der Waals surface area contributed by atoms with Gasteiger partial charge in [0.25, 0.3) is 0 Å². The summed E-state index contributed by atoms with van der Waals surface area (Å²) in [7, 11) is 0. The van der Waals surface area contributed by atoms with E-state index >= 15 is 0 Å². The largest absolute Gasteiger partial charge is 0.462 e. The molecule has 198 valence electrons. The first-order valence-corrected chi connectivity index (χ1v) is 15.0. The van der Waals surface area contributed by atoms with Gasteiger partial charge in [-0.1, -0.05) is 79.2 Å². The summed E-state index contributed by atoms with van der Waals surface area (Å²) in [5, 5.41) is 0. The van der Waals surface area contributed by atoms with Crippen molar-refractivity contribution in [2.75, 3.05) is 0 Å². The SMILES string of the molecule is CCC(/C=C/CC1CCC2C1(C)CCC1C3(C)CCC(OC(=O)C(C)C)CC3=CCC12C)C(C)C. The van der Waals surface area contributed by atoms with Gasteiger partial charge in [-0.15, -0.1) is 0 Å². The molecule has 4 rings (SSSR count). The molecule has 0 aromatic heterocycles. The van der Waals surface area contributed by atoms with E-state index in [0.29, 0.717) is 16.2 Å². The van der Waals surface area contributed by atoms with Gasteiger partial charge >= 0.3 is 5.97 Å². The molecule has 3 fully saturated rings. The van der Waals surface area contributed by atoms with Gasteiger partial charge in [-0.3, -0.25) is 4.79 Å². The van der Waals surface area contributed by atoms with E-state index < -0.39 is 0 Å². The van der Waals surface area contributed by atoms with Crippen molar-refractivity contribution in [2.24, 2.45) is 51.8 Å². The Balaban J connectivity index is 1.49. The normalized spacial score (nSPS) is 41.9. The van der Waals surface area contributed by atoms with Crippen LogP contribution in [0.15, 0.2) is 23.8 Å². The predicted molar refractivity (Wildman–Crippen MR) is 147 cm³/mol. The van der Waals surface area contributed by atoms with E-state index in [4.69, 9.17) is 4.74 Å². The Kier molecular flexibility index (Phi) is 7.73. The maximum atomic E-state index is 12.2. The van der Waals surface area contributed by atoms with Crippen LogP contribution in [0.25, 0.3) is 0 Å². The van der Waals surface area contributed by atoms with Crippen molar-refractivity contribution in [3.8, 4) is 0 Å². The summed E-state index contributed by atoms with van der Waals surface area (Å²) >= 11 is 0. The molecule has 4 aliphatic carbocycles. The molecule has 8 atom stereocenters. The number of fused-ring (bicyclic) bond motifs is 5. The number of ether oxygens (including phenoxy) is 1. The summed E-state index contributed by atoms with van der Waals surface area (Å²) in [6, 6.07) is 0. The van der Waals surface area contributed by atoms with Gasteiger partial charge in [-0.05, 0) is 104 Å². The molecule has 0 heterocycles. The van der Waals surface area contributed by atoms with Crippen LogP contribution in [0.1, 0.15) is 120 Å². The van der Waals surface area contributed by atoms with E-state index in [9.17, 15) is 4.79 Å². The summed E-state index contributed by atoms with van der Waals surface area (Å²) in [6.45, 7) is 18.8. The van der Waals surface area contributed by atoms with E-state index in [1.807, 2.05) is 13.8 Å². The second-order valence-electron chi connectivity index (χ2n) is 14.2. The van der Waals surface area contributed by atoms with E-state index in [0.717, 1.165) is 42.4 Å². The highest BCUT2D eigenvalue weighted by atomic mass is 16.5. The van der Waals surface area contributed by atoms with Crippen LogP contribution < -0.4 is 0 Å². The topological polar surface area (TPSA) is 26.3 Å². The second-order valence-corrected chi connectivity index (χ2v) is 14.2. The Labute approximate surface area is 216 Å². The molecule has 0 radical (unpaired) electrons. The summed E-state index contributed by atoms with van der Waals surface area (Å²) < 4.78 is 5.90. The highest BCUT2D eigenvalue weighted by Gasteiger charge is 2.63. The molecule has 2 heteroatoms. The number of hydrogen-bond acceptors (Lipinski definition) is 2. The summed E-state index contributed by atoms with van der Waals surface area (Å²) in [5.41, 5.74) is 2.79. The van der Waals surface area contributed by atoms with Crippen molar-refractivity contribution in [1.29, 1.82) is 0 Å². The third-order valence-corrected chi connectivity index (χ3v) is 11.7. The summed E-state index contributed by atoms with van der Waals surface area (Å²) in [4.78, 5) is 12.2. The second kappa shape index (κ2) is 10.0. The number of hydrogen-bond donors (Lipinski definition) is 0. The molecular weight excluding hydrogens is 428 g/mol. The van der Waals surface area contributed by atoms with E-state index in [1.165, 1.54) is 51.4 Å². The molecule has 8 unspecified atom stereocenters. The third-order valence-electron chi connectivity index (χ3n) is 11.7. The van der Waals surface area contributed by atoms with Crippen LogP contribution in [0.4, 0.5) is 0 Å². The van der Waals surface area contributed by atoms with Gasteiger partial charge in [-0.25, -0.2) is 0 Å². The Bertz CT molecular complexity index is 836. The Hall–Kier alpha value is -1.05. The first kappa shape index (κ1) is 27.0. The maximum Gasteiger partial charge on any atom is 0.308 e. The molecule has 0 spiro atoms. The zero-order valence-electron chi connectivity index (χ0n) is 24.2. The molecule has 0 amide bonds. The summed E-state index contributed by atoms with van der Waals surface area (Å²) in [5.74, 6) is 3.86. The molecule has 0 aromatic rings. The molecule has 0 bridgehead atoms. The van der Waals surface area contributed by atoms with Gasteiger partial charge < -0.3 is 4.74 Å². The zero-order chi connectivity index (χ0) is 25.6. The quantitative estimate of drug-likeness (QED) is 0.267. The molecule has 0 saturated heterocycles. The van der Waals surface area contributed by atoms with Crippen molar-refractivity contribution in [1.82, 2.24) is 0 Å². The smallest absolute Gasteiger partial charge is 0.308 e. The van der Waals surface area contributed by atoms with Gasteiger partial charge in [0.1, 0.15) is 6.10 Å². The number of rotatable bonds is 7. The van der Waals surface area contributed by atoms with Crippen LogP contribution in [0.5, 0.6) is 0 Å². The number of allylic oxidation sites excluding steroid dienone is 3. The molecule has 0 aromatic carbocycles. The van der Waals surface area contributed by atoms with Crippen molar-refractivity contribution in [3.05, 3.63) is 23.8 Å². The number of carbonyl (C=O) groups excluding carboxylic acids is 1. The van der Waals surface area contributed by atoms with E-state index in [2.05, 4.69) is 59.8 Å². The lowest BCUT2D eigenvalue weighted by Crippen LogP contribution is -2.56. The molecule has 2 nitrogen and oxygen atoms in total. The lowest BCUT2D eigenvalue weighted by atomic mass is 9.41. The third kappa shape index (κ3) is 4.70. The van der Waals surface area contributed by atoms with Gasteiger partial charge in [0, 0.05) is 6.42 Å². The fourth-order valence-electron chi connectivity index (χ4n) is 9.43. The van der Waals surface area contributed by atoms with Crippen LogP contribution in [-0.4, -0.2) is 12.1 Å². The van der Waals surface area contributed by atoms with Gasteiger partial charge in [0.05, 0.1) is 5.92 Å². The monoisotopic (exact) mass is 482 g/mol. The van der Waals surface area contributed by atoms with Crippen LogP contribution in [0.3, 0.4) is 0 Å². The van der Waals surface area contributed by atoms with Crippen LogP contribution in [0, 0.1) is 51.8 Å². The average molecular weight is 483 g/mol. The lowest BCUT2D eigenvalue weighted by Gasteiger charge is -2.63. The fourth-order valence-corrected chi connectivity index (χ4v) is 9.43. The van der Waals surface area contributed by atoms with Crippen LogP contribution in [0.2, 0.25) is 0 Å². The Morgan fingerprint density at radius 2 is 1.77 bits per heavy atom. The first-order chi connectivity index (χ1) is 16.5. The van der Waals surface area contributed by atoms with Crippen LogP contribution >= 0.6 is 0 Å². The minimum Gasteiger partial charge on any atom is -0.462 e. The van der Waals surface area contributed by atoms with Gasteiger partial charge in [0.2, 0.25) is 0 Å². The fraction of sp³-hybridized carbons (Fsp3) is 0.848. The molecule has 35 heavy (non-hydrogen) atoms. The van der Waals surface area contributed by atoms with Crippen molar-refractivity contribution >= 4 is 5.97 Å². The van der Waals surface area contributed by atoms with E-state index in [1.54, 1.807) is 5.57 Å². The number of esters is 1. The molecule has 0 N–H and O–H groups in total. The van der Waals surface area contributed by atoms with Crippen LogP contribution in [-0.2, 0) is 9.53 Å². The van der Waals surface area contributed by atoms with E-state index in [-0.39, 0.29) is 18.0 Å². The molecule has 0 aliphatic heterocycles. The van der Waals surface area contributed by atoms with Crippen molar-refractivity contribution < 1.29 is 9.53 Å². The Morgan fingerprint density at radius 3 is 2.43 bits per heavy atom. The lowest BCUT2D eigenvalue weighted by molar-refractivity contribution is -0.156. The van der Waals surface area contributed by atoms with Gasteiger partial charge in [-0.2, -0.15) is 0 Å². The predicted octanol–water partition coefficient (Wildman–Crippen LogP) is 9.15. The zero-order valence-corrected chi connectivity index (χ0v) is 24.2. The van der Waals surface area contributed by atoms with Crippen molar-refractivity contribution in [2.45, 2.75) is 126 Å². The van der Waals surface area contributed by atoms with Crippen molar-refractivity contribution in [3.63, 3.8) is 0 Å². The maximum absolute atomic E-state index is 12.2. The minimum atomic E-state index is -0.0358. The standard InChI is InChI=1S/C33H54O2/c1-9-24(22(2)3)11-10-12-25-13-14-28-31(25,6)20-17-29-32(7)19-16-27(35-30(34)23(4)5)21-26(32)15-18-33(28,29)8/h10-11,15,22-25,27-29H,9,12-14,16-21H2,1-8H3/b11-10+. The molecular formula is C33H54O2. The van der Waals surface area contributed by atoms with Gasteiger partial charge in [0.15, 0.2) is 0 Å². The average Bonchev–Trinajstić information content (AvgIpc) is 3.14. The first-order valence-electron chi connectivity index (χ1n) is 15.0. The number of carbonyl (C=O) groups is 1.